The molecule has 0 aliphatic carbocycles. The summed E-state index contributed by atoms with van der Waals surface area (Å²) in [6, 6.07) is 0. The molecule has 0 radical (unpaired) electrons. The van der Waals surface area contributed by atoms with Gasteiger partial charge in [-0.25, -0.2) is 0 Å². The van der Waals surface area contributed by atoms with Crippen LogP contribution in [0.5, 0.6) is 0 Å². The predicted molar refractivity (Wildman–Crippen MR) is 349 cm³/mol. The molecule has 0 aromatic rings. The Hall–Kier alpha value is -2.11. The maximum atomic E-state index is 12.9. The Labute approximate surface area is 500 Å². The lowest BCUT2D eigenvalue weighted by Crippen LogP contribution is -2.30. The second-order valence-corrected chi connectivity index (χ2v) is 24.9. The van der Waals surface area contributed by atoms with Gasteiger partial charge in [0.2, 0.25) is 0 Å². The van der Waals surface area contributed by atoms with Crippen molar-refractivity contribution in [3.05, 3.63) is 24.3 Å². The highest BCUT2D eigenvalue weighted by Gasteiger charge is 2.19. The molecule has 0 aliphatic rings. The van der Waals surface area contributed by atoms with Crippen LogP contribution in [0.25, 0.3) is 0 Å². The first-order chi connectivity index (χ1) is 39.5. The Kier molecular flexibility index (Phi) is 67.6. The Morgan fingerprint density at radius 2 is 0.450 bits per heavy atom. The lowest BCUT2D eigenvalue weighted by Gasteiger charge is -2.18. The van der Waals surface area contributed by atoms with Crippen LogP contribution in [-0.2, 0) is 28.6 Å². The molecule has 0 aromatic heterocycles. The van der Waals surface area contributed by atoms with E-state index in [0.29, 0.717) is 19.3 Å². The van der Waals surface area contributed by atoms with Crippen molar-refractivity contribution in [3.8, 4) is 0 Å². The molecule has 0 spiro atoms. The minimum atomic E-state index is -0.770. The van der Waals surface area contributed by atoms with Gasteiger partial charge in [0.05, 0.1) is 0 Å². The zero-order valence-corrected chi connectivity index (χ0v) is 54.4. The minimum Gasteiger partial charge on any atom is -0.462 e. The van der Waals surface area contributed by atoms with Gasteiger partial charge < -0.3 is 14.2 Å². The fourth-order valence-electron chi connectivity index (χ4n) is 11.2. The summed E-state index contributed by atoms with van der Waals surface area (Å²) in [5.41, 5.74) is 0. The Morgan fingerprint density at radius 1 is 0.250 bits per heavy atom. The van der Waals surface area contributed by atoms with Crippen molar-refractivity contribution in [2.24, 2.45) is 0 Å². The number of hydrogen-bond donors (Lipinski definition) is 0. The van der Waals surface area contributed by atoms with Crippen LogP contribution in [-0.4, -0.2) is 37.2 Å². The number of carbonyl (C=O) groups is 3. The third kappa shape index (κ3) is 66.7. The molecule has 1 atom stereocenters. The molecule has 0 heterocycles. The summed E-state index contributed by atoms with van der Waals surface area (Å²) in [7, 11) is 0. The number of esters is 3. The lowest BCUT2D eigenvalue weighted by atomic mass is 10.0. The van der Waals surface area contributed by atoms with Crippen LogP contribution < -0.4 is 0 Å². The van der Waals surface area contributed by atoms with Gasteiger partial charge in [-0.05, 0) is 51.4 Å². The SMILES string of the molecule is CCCCCCC/C=C\C/C=C\CCCCCCCCCCCC(=O)OC(COC(=O)CCCCCCCCCCCCCCC)COC(=O)CCCCCCCCCCCCCCCCCCCCCCCCCCCCCC. The van der Waals surface area contributed by atoms with Gasteiger partial charge in [0.1, 0.15) is 13.2 Å². The average Bonchev–Trinajstić information content (AvgIpc) is 3.46. The summed E-state index contributed by atoms with van der Waals surface area (Å²) in [5.74, 6) is -0.838. The van der Waals surface area contributed by atoms with Crippen LogP contribution in [0, 0.1) is 0 Å². The van der Waals surface area contributed by atoms with Gasteiger partial charge in [0.15, 0.2) is 6.10 Å². The first-order valence-electron chi connectivity index (χ1n) is 36.3. The van der Waals surface area contributed by atoms with Crippen molar-refractivity contribution < 1.29 is 28.6 Å². The highest BCUT2D eigenvalue weighted by Crippen LogP contribution is 2.19. The smallest absolute Gasteiger partial charge is 0.306 e. The summed E-state index contributed by atoms with van der Waals surface area (Å²) < 4.78 is 17.0. The summed E-state index contributed by atoms with van der Waals surface area (Å²) in [6.07, 6.45) is 85.0. The van der Waals surface area contributed by atoms with E-state index in [9.17, 15) is 14.4 Å². The molecule has 0 aromatic carbocycles. The van der Waals surface area contributed by atoms with Crippen molar-refractivity contribution in [2.45, 2.75) is 419 Å². The number of allylic oxidation sites excluding steroid dienone is 4. The molecular formula is C74H140O6. The zero-order chi connectivity index (χ0) is 57.8. The van der Waals surface area contributed by atoms with Crippen LogP contribution >= 0.6 is 0 Å². The van der Waals surface area contributed by atoms with Crippen LogP contribution in [0.4, 0.5) is 0 Å². The van der Waals surface area contributed by atoms with Crippen molar-refractivity contribution >= 4 is 17.9 Å². The van der Waals surface area contributed by atoms with Gasteiger partial charge >= 0.3 is 17.9 Å². The fourth-order valence-corrected chi connectivity index (χ4v) is 11.2. The predicted octanol–water partition coefficient (Wildman–Crippen LogP) is 25.0. The summed E-state index contributed by atoms with van der Waals surface area (Å²) >= 11 is 0. The van der Waals surface area contributed by atoms with Crippen molar-refractivity contribution in [1.82, 2.24) is 0 Å². The molecular weight excluding hydrogens is 985 g/mol. The summed E-state index contributed by atoms with van der Waals surface area (Å²) in [5, 5.41) is 0. The minimum absolute atomic E-state index is 0.0664. The highest BCUT2D eigenvalue weighted by molar-refractivity contribution is 5.71. The van der Waals surface area contributed by atoms with Crippen molar-refractivity contribution in [2.75, 3.05) is 13.2 Å². The molecule has 6 heteroatoms. The van der Waals surface area contributed by atoms with Crippen molar-refractivity contribution in [1.29, 1.82) is 0 Å². The quantitative estimate of drug-likeness (QED) is 0.0261. The van der Waals surface area contributed by atoms with Gasteiger partial charge in [-0.1, -0.05) is 366 Å². The molecule has 0 saturated heterocycles. The fraction of sp³-hybridized carbons (Fsp3) is 0.905. The lowest BCUT2D eigenvalue weighted by molar-refractivity contribution is -0.167. The van der Waals surface area contributed by atoms with Gasteiger partial charge in [-0.3, -0.25) is 14.4 Å². The third-order valence-corrected chi connectivity index (χ3v) is 16.7. The van der Waals surface area contributed by atoms with E-state index >= 15 is 0 Å². The normalized spacial score (nSPS) is 12.1. The van der Waals surface area contributed by atoms with Crippen LogP contribution in [0.15, 0.2) is 24.3 Å². The number of rotatable bonds is 68. The first kappa shape index (κ1) is 77.9. The van der Waals surface area contributed by atoms with Crippen LogP contribution in [0.1, 0.15) is 412 Å². The second-order valence-electron chi connectivity index (χ2n) is 24.9. The van der Waals surface area contributed by atoms with Gasteiger partial charge in [0, 0.05) is 19.3 Å². The molecule has 6 nitrogen and oxygen atoms in total. The topological polar surface area (TPSA) is 78.9 Å². The van der Waals surface area contributed by atoms with Gasteiger partial charge in [-0.2, -0.15) is 0 Å². The number of carbonyl (C=O) groups excluding carboxylic acids is 3. The Morgan fingerprint density at radius 3 is 0.688 bits per heavy atom. The van der Waals surface area contributed by atoms with E-state index in [0.717, 1.165) is 64.2 Å². The second kappa shape index (κ2) is 69.4. The van der Waals surface area contributed by atoms with E-state index in [1.807, 2.05) is 0 Å². The molecule has 1 unspecified atom stereocenters. The van der Waals surface area contributed by atoms with Crippen LogP contribution in [0.3, 0.4) is 0 Å². The summed E-state index contributed by atoms with van der Waals surface area (Å²) in [4.78, 5) is 38.4. The Bertz CT molecular complexity index is 1290. The molecule has 0 rings (SSSR count). The molecule has 0 bridgehead atoms. The highest BCUT2D eigenvalue weighted by atomic mass is 16.6. The van der Waals surface area contributed by atoms with Gasteiger partial charge in [-0.15, -0.1) is 0 Å². The maximum Gasteiger partial charge on any atom is 0.306 e. The van der Waals surface area contributed by atoms with E-state index in [-0.39, 0.29) is 31.1 Å². The van der Waals surface area contributed by atoms with E-state index in [1.54, 1.807) is 0 Å². The van der Waals surface area contributed by atoms with Crippen LogP contribution in [0.2, 0.25) is 0 Å². The molecule has 0 amide bonds. The molecule has 0 N–H and O–H groups in total. The van der Waals surface area contributed by atoms with E-state index in [4.69, 9.17) is 14.2 Å². The molecule has 80 heavy (non-hydrogen) atoms. The Balaban J connectivity index is 4.18. The summed E-state index contributed by atoms with van der Waals surface area (Å²) in [6.45, 7) is 6.71. The van der Waals surface area contributed by atoms with Gasteiger partial charge in [0.25, 0.3) is 0 Å². The number of unbranched alkanes of at least 4 members (excludes halogenated alkanes) is 53. The monoisotopic (exact) mass is 1130 g/mol. The third-order valence-electron chi connectivity index (χ3n) is 16.7. The molecule has 0 aliphatic heterocycles. The zero-order valence-electron chi connectivity index (χ0n) is 54.4. The van der Waals surface area contributed by atoms with Crippen molar-refractivity contribution in [3.63, 3.8) is 0 Å². The number of hydrogen-bond acceptors (Lipinski definition) is 6. The van der Waals surface area contributed by atoms with E-state index < -0.39 is 6.10 Å². The maximum absolute atomic E-state index is 12.9. The molecule has 0 saturated carbocycles. The van der Waals surface area contributed by atoms with E-state index in [2.05, 4.69) is 45.1 Å². The average molecular weight is 1130 g/mol. The first-order valence-corrected chi connectivity index (χ1v) is 36.3. The number of ether oxygens (including phenoxy) is 3. The molecule has 0 fully saturated rings. The van der Waals surface area contributed by atoms with E-state index in [1.165, 1.54) is 308 Å². The standard InChI is InChI=1S/C74H140O6/c1-4-7-10-13-16-19-22-25-27-29-31-33-34-35-36-37-38-39-41-42-44-46-49-52-55-58-61-64-67-73(76)79-70-71(69-78-72(75)66-63-60-57-54-51-48-24-21-18-15-12-9-6-3)80-74(77)68-65-62-59-56-53-50-47-45-43-40-32-30-28-26-23-20-17-14-11-8-5-2/h23,26,30,32,71H,4-22,24-25,27-29,31,33-70H2,1-3H3/b26-23-,32-30-. The largest absolute Gasteiger partial charge is 0.462 e. The molecule has 472 valence electrons.